The molecule has 0 radical (unpaired) electrons. The van der Waals surface area contributed by atoms with Crippen LogP contribution in [0.3, 0.4) is 0 Å². The fourth-order valence-electron chi connectivity index (χ4n) is 3.32. The molecule has 0 spiro atoms. The maximum atomic E-state index is 10.9. The third kappa shape index (κ3) is 3.31. The molecular formula is C19H18BrN3O2. The van der Waals surface area contributed by atoms with Crippen LogP contribution in [0.4, 0.5) is 0 Å². The van der Waals surface area contributed by atoms with E-state index in [4.69, 9.17) is 5.11 Å². The predicted octanol–water partition coefficient (Wildman–Crippen LogP) is 4.14. The van der Waals surface area contributed by atoms with Gasteiger partial charge in [0.25, 0.3) is 0 Å². The topological polar surface area (TPSA) is 68.0 Å². The van der Waals surface area contributed by atoms with Crippen LogP contribution in [0.15, 0.2) is 41.1 Å². The first-order valence-electron chi connectivity index (χ1n) is 8.43. The van der Waals surface area contributed by atoms with E-state index in [1.807, 2.05) is 4.57 Å². The van der Waals surface area contributed by atoms with Crippen molar-refractivity contribution in [3.8, 4) is 0 Å². The van der Waals surface area contributed by atoms with Gasteiger partial charge < -0.3 is 9.67 Å². The summed E-state index contributed by atoms with van der Waals surface area (Å²) in [6.07, 6.45) is 2.97. The first kappa shape index (κ1) is 16.3. The third-order valence-electron chi connectivity index (χ3n) is 4.74. The standard InChI is InChI=1S/C19H18BrN3O2/c20-19-22-21-17(9-10-18(24)25)23(19)11-13-7-8-15(12-5-6-12)16-4-2-1-3-14(13)16/h1-4,7-8,12H,5-6,9-11H2,(H,24,25). The van der Waals surface area contributed by atoms with Crippen molar-refractivity contribution < 1.29 is 9.90 Å². The summed E-state index contributed by atoms with van der Waals surface area (Å²) in [7, 11) is 0. The van der Waals surface area contributed by atoms with Gasteiger partial charge in [-0.3, -0.25) is 4.79 Å². The zero-order valence-electron chi connectivity index (χ0n) is 13.7. The first-order valence-corrected chi connectivity index (χ1v) is 9.22. The van der Waals surface area contributed by atoms with Crippen LogP contribution in [-0.4, -0.2) is 25.8 Å². The number of rotatable bonds is 6. The second-order valence-electron chi connectivity index (χ2n) is 6.50. The number of nitrogens with zero attached hydrogens (tertiary/aromatic N) is 3. The number of hydrogen-bond acceptors (Lipinski definition) is 3. The molecule has 1 aromatic heterocycles. The Bertz CT molecular complexity index is 947. The highest BCUT2D eigenvalue weighted by molar-refractivity contribution is 9.10. The fourth-order valence-corrected chi connectivity index (χ4v) is 3.73. The molecule has 4 rings (SSSR count). The Morgan fingerprint density at radius 1 is 1.16 bits per heavy atom. The molecule has 5 nitrogen and oxygen atoms in total. The van der Waals surface area contributed by atoms with E-state index in [0.29, 0.717) is 29.4 Å². The van der Waals surface area contributed by atoms with E-state index in [9.17, 15) is 4.79 Å². The van der Waals surface area contributed by atoms with Gasteiger partial charge in [0.2, 0.25) is 0 Å². The normalized spacial score (nSPS) is 14.1. The van der Waals surface area contributed by atoms with E-state index in [2.05, 4.69) is 62.5 Å². The molecule has 0 aliphatic heterocycles. The van der Waals surface area contributed by atoms with Crippen LogP contribution in [0.5, 0.6) is 0 Å². The van der Waals surface area contributed by atoms with Crippen molar-refractivity contribution >= 4 is 32.7 Å². The predicted molar refractivity (Wildman–Crippen MR) is 98.7 cm³/mol. The summed E-state index contributed by atoms with van der Waals surface area (Å²) in [5.41, 5.74) is 2.63. The lowest BCUT2D eigenvalue weighted by molar-refractivity contribution is -0.137. The number of aliphatic carboxylic acids is 1. The van der Waals surface area contributed by atoms with Gasteiger partial charge in [-0.05, 0) is 56.6 Å². The van der Waals surface area contributed by atoms with Gasteiger partial charge in [-0.1, -0.05) is 36.4 Å². The molecule has 6 heteroatoms. The van der Waals surface area contributed by atoms with Gasteiger partial charge in [-0.2, -0.15) is 0 Å². The monoisotopic (exact) mass is 399 g/mol. The zero-order valence-corrected chi connectivity index (χ0v) is 15.2. The first-order chi connectivity index (χ1) is 12.1. The summed E-state index contributed by atoms with van der Waals surface area (Å²) < 4.78 is 2.57. The van der Waals surface area contributed by atoms with Gasteiger partial charge in [-0.25, -0.2) is 0 Å². The van der Waals surface area contributed by atoms with Crippen LogP contribution in [0.25, 0.3) is 10.8 Å². The molecular weight excluding hydrogens is 382 g/mol. The summed E-state index contributed by atoms with van der Waals surface area (Å²) in [4.78, 5) is 10.9. The maximum Gasteiger partial charge on any atom is 0.303 e. The molecule has 1 N–H and O–H groups in total. The molecule has 0 amide bonds. The lowest BCUT2D eigenvalue weighted by Crippen LogP contribution is -2.08. The fraction of sp³-hybridized carbons (Fsp3) is 0.316. The van der Waals surface area contributed by atoms with Gasteiger partial charge in [0.05, 0.1) is 13.0 Å². The summed E-state index contributed by atoms with van der Waals surface area (Å²) in [6, 6.07) is 12.9. The van der Waals surface area contributed by atoms with Gasteiger partial charge in [0.1, 0.15) is 5.82 Å². The summed E-state index contributed by atoms with van der Waals surface area (Å²) in [5, 5.41) is 19.7. The molecule has 1 fully saturated rings. The number of aromatic nitrogens is 3. The average molecular weight is 400 g/mol. The smallest absolute Gasteiger partial charge is 0.303 e. The quantitative estimate of drug-likeness (QED) is 0.676. The molecule has 1 saturated carbocycles. The van der Waals surface area contributed by atoms with E-state index in [1.165, 1.54) is 34.7 Å². The molecule has 25 heavy (non-hydrogen) atoms. The van der Waals surface area contributed by atoms with Crippen LogP contribution < -0.4 is 0 Å². The van der Waals surface area contributed by atoms with E-state index < -0.39 is 5.97 Å². The highest BCUT2D eigenvalue weighted by atomic mass is 79.9. The van der Waals surface area contributed by atoms with Gasteiger partial charge in [0, 0.05) is 6.42 Å². The van der Waals surface area contributed by atoms with Gasteiger partial charge in [-0.15, -0.1) is 10.2 Å². The minimum absolute atomic E-state index is 0.0481. The summed E-state index contributed by atoms with van der Waals surface area (Å²) in [6.45, 7) is 0.619. The molecule has 1 aliphatic carbocycles. The van der Waals surface area contributed by atoms with Gasteiger partial charge in [0.15, 0.2) is 4.73 Å². The number of fused-ring (bicyclic) bond motifs is 1. The van der Waals surface area contributed by atoms with Crippen molar-refractivity contribution in [1.29, 1.82) is 0 Å². The van der Waals surface area contributed by atoms with Crippen LogP contribution in [0.1, 0.15) is 42.1 Å². The minimum atomic E-state index is -0.829. The van der Waals surface area contributed by atoms with Gasteiger partial charge >= 0.3 is 5.97 Å². The van der Waals surface area contributed by atoms with E-state index in [1.54, 1.807) is 0 Å². The number of benzene rings is 2. The number of carboxylic acid groups (broad SMARTS) is 1. The molecule has 0 unspecified atom stereocenters. The van der Waals surface area contributed by atoms with Crippen LogP contribution in [0.2, 0.25) is 0 Å². The van der Waals surface area contributed by atoms with E-state index in [0.717, 1.165) is 0 Å². The van der Waals surface area contributed by atoms with Crippen LogP contribution >= 0.6 is 15.9 Å². The van der Waals surface area contributed by atoms with Crippen molar-refractivity contribution in [1.82, 2.24) is 14.8 Å². The van der Waals surface area contributed by atoms with Crippen molar-refractivity contribution in [2.45, 2.75) is 38.1 Å². The van der Waals surface area contributed by atoms with E-state index >= 15 is 0 Å². The Morgan fingerprint density at radius 2 is 1.92 bits per heavy atom. The molecule has 1 heterocycles. The Balaban J connectivity index is 1.71. The molecule has 3 aromatic rings. The SMILES string of the molecule is O=C(O)CCc1nnc(Br)n1Cc1ccc(C2CC2)c2ccccc12. The number of halogens is 1. The number of carboxylic acids is 1. The summed E-state index contributed by atoms with van der Waals surface area (Å²) >= 11 is 3.44. The highest BCUT2D eigenvalue weighted by Crippen LogP contribution is 2.43. The molecule has 2 aromatic carbocycles. The van der Waals surface area contributed by atoms with Crippen molar-refractivity contribution in [2.24, 2.45) is 0 Å². The largest absolute Gasteiger partial charge is 0.481 e. The Labute approximate surface area is 153 Å². The number of hydrogen-bond donors (Lipinski definition) is 1. The molecule has 0 bridgehead atoms. The number of aryl methyl sites for hydroxylation is 1. The van der Waals surface area contributed by atoms with Crippen LogP contribution in [0, 0.1) is 0 Å². The minimum Gasteiger partial charge on any atom is -0.481 e. The molecule has 0 atom stereocenters. The van der Waals surface area contributed by atoms with Crippen molar-refractivity contribution in [3.63, 3.8) is 0 Å². The Kier molecular flexibility index (Phi) is 4.29. The Morgan fingerprint density at radius 3 is 2.64 bits per heavy atom. The zero-order chi connectivity index (χ0) is 17.4. The highest BCUT2D eigenvalue weighted by Gasteiger charge is 2.25. The van der Waals surface area contributed by atoms with Crippen LogP contribution in [-0.2, 0) is 17.8 Å². The molecule has 128 valence electrons. The molecule has 0 saturated heterocycles. The van der Waals surface area contributed by atoms with Crippen molar-refractivity contribution in [3.05, 3.63) is 58.1 Å². The van der Waals surface area contributed by atoms with E-state index in [-0.39, 0.29) is 6.42 Å². The Hall–Kier alpha value is -2.21. The maximum absolute atomic E-state index is 10.9. The number of carbonyl (C=O) groups is 1. The second-order valence-corrected chi connectivity index (χ2v) is 7.21. The third-order valence-corrected chi connectivity index (χ3v) is 5.33. The molecule has 1 aliphatic rings. The summed E-state index contributed by atoms with van der Waals surface area (Å²) in [5.74, 6) is 0.557. The lowest BCUT2D eigenvalue weighted by Gasteiger charge is -2.13. The lowest BCUT2D eigenvalue weighted by atomic mass is 9.97. The second kappa shape index (κ2) is 6.59. The average Bonchev–Trinajstić information content (AvgIpc) is 3.39. The van der Waals surface area contributed by atoms with Crippen molar-refractivity contribution in [2.75, 3.05) is 0 Å².